The molecule has 18 heavy (non-hydrogen) atoms. The third-order valence-corrected chi connectivity index (χ3v) is 2.71. The lowest BCUT2D eigenvalue weighted by Crippen LogP contribution is -2.21. The summed E-state index contributed by atoms with van der Waals surface area (Å²) in [5.74, 6) is 0. The zero-order chi connectivity index (χ0) is 13.1. The quantitative estimate of drug-likeness (QED) is 0.457. The summed E-state index contributed by atoms with van der Waals surface area (Å²) >= 11 is 0. The molecule has 0 saturated heterocycles. The normalized spacial score (nSPS) is 11.3. The van der Waals surface area contributed by atoms with Gasteiger partial charge in [-0.3, -0.25) is 14.8 Å². The molecule has 0 aliphatic carbocycles. The summed E-state index contributed by atoms with van der Waals surface area (Å²) < 4.78 is 11.8. The third-order valence-electron chi connectivity index (χ3n) is 2.71. The van der Waals surface area contributed by atoms with Crippen LogP contribution in [-0.4, -0.2) is 35.2 Å². The average Bonchev–Trinajstić information content (AvgIpc) is 2.78. The number of methoxy groups -OCH3 is 2. The summed E-state index contributed by atoms with van der Waals surface area (Å²) in [5.41, 5.74) is 0.730. The number of non-ortho nitro benzene ring substituents is 1. The van der Waals surface area contributed by atoms with Gasteiger partial charge in [-0.2, -0.15) is 5.10 Å². The van der Waals surface area contributed by atoms with Crippen LogP contribution in [-0.2, 0) is 16.0 Å². The minimum absolute atomic E-state index is 0.0464. The maximum absolute atomic E-state index is 10.9. The number of rotatable bonds is 5. The number of nitro groups is 1. The van der Waals surface area contributed by atoms with Gasteiger partial charge in [-0.05, 0) is 6.07 Å². The van der Waals surface area contributed by atoms with Crippen LogP contribution in [0.15, 0.2) is 24.4 Å². The van der Waals surface area contributed by atoms with Crippen molar-refractivity contribution in [2.24, 2.45) is 0 Å². The number of nitrogens with zero attached hydrogens (tertiary/aromatic N) is 3. The molecule has 1 heterocycles. The van der Waals surface area contributed by atoms with Crippen LogP contribution in [0.4, 0.5) is 5.69 Å². The van der Waals surface area contributed by atoms with E-state index in [-0.39, 0.29) is 5.69 Å². The van der Waals surface area contributed by atoms with Crippen molar-refractivity contribution >= 4 is 16.6 Å². The number of ether oxygens (including phenoxy) is 2. The molecule has 1 aromatic carbocycles. The van der Waals surface area contributed by atoms with Crippen molar-refractivity contribution in [2.75, 3.05) is 14.2 Å². The fourth-order valence-corrected chi connectivity index (χ4v) is 1.78. The first-order valence-electron chi connectivity index (χ1n) is 5.32. The molecule has 0 aliphatic heterocycles. The maximum atomic E-state index is 10.9. The highest BCUT2D eigenvalue weighted by molar-refractivity contribution is 5.87. The Bertz CT molecular complexity index is 562. The highest BCUT2D eigenvalue weighted by atomic mass is 16.7. The van der Waals surface area contributed by atoms with E-state index in [2.05, 4.69) is 5.10 Å². The van der Waals surface area contributed by atoms with Gasteiger partial charge < -0.3 is 9.47 Å². The second-order valence-electron chi connectivity index (χ2n) is 3.69. The monoisotopic (exact) mass is 251 g/mol. The highest BCUT2D eigenvalue weighted by Crippen LogP contribution is 2.25. The SMILES string of the molecule is COC(Cn1ncc2c([N+](=O)[O-])cccc21)OC. The predicted octanol–water partition coefficient (Wildman–Crippen LogP) is 1.56. The van der Waals surface area contributed by atoms with Gasteiger partial charge in [0.2, 0.25) is 0 Å². The summed E-state index contributed by atoms with van der Waals surface area (Å²) in [5, 5.41) is 15.5. The molecule has 0 saturated carbocycles. The van der Waals surface area contributed by atoms with Crippen LogP contribution >= 0.6 is 0 Å². The topological polar surface area (TPSA) is 79.4 Å². The van der Waals surface area contributed by atoms with Crippen molar-refractivity contribution in [2.45, 2.75) is 12.8 Å². The smallest absolute Gasteiger partial charge is 0.280 e. The molecule has 0 unspecified atom stereocenters. The minimum atomic E-state index is -0.438. The molecule has 2 rings (SSSR count). The van der Waals surface area contributed by atoms with E-state index in [0.29, 0.717) is 17.4 Å². The van der Waals surface area contributed by atoms with E-state index in [1.54, 1.807) is 16.8 Å². The van der Waals surface area contributed by atoms with Gasteiger partial charge in [0.25, 0.3) is 5.69 Å². The highest BCUT2D eigenvalue weighted by Gasteiger charge is 2.16. The second-order valence-corrected chi connectivity index (χ2v) is 3.69. The van der Waals surface area contributed by atoms with E-state index in [0.717, 1.165) is 0 Å². The first-order valence-corrected chi connectivity index (χ1v) is 5.32. The Balaban J connectivity index is 2.42. The molecule has 0 N–H and O–H groups in total. The third kappa shape index (κ3) is 2.18. The van der Waals surface area contributed by atoms with Gasteiger partial charge in [0.15, 0.2) is 6.29 Å². The predicted molar refractivity (Wildman–Crippen MR) is 64.2 cm³/mol. The molecule has 7 nitrogen and oxygen atoms in total. The van der Waals surface area contributed by atoms with E-state index in [1.807, 2.05) is 0 Å². The number of aromatic nitrogens is 2. The molecule has 1 aromatic heterocycles. The van der Waals surface area contributed by atoms with E-state index >= 15 is 0 Å². The Morgan fingerprint density at radius 2 is 2.17 bits per heavy atom. The number of nitro benzene ring substituents is 1. The van der Waals surface area contributed by atoms with Gasteiger partial charge in [0, 0.05) is 20.3 Å². The van der Waals surface area contributed by atoms with Crippen LogP contribution in [0.1, 0.15) is 0 Å². The minimum Gasteiger partial charge on any atom is -0.354 e. The number of benzene rings is 1. The Morgan fingerprint density at radius 3 is 2.78 bits per heavy atom. The number of fused-ring (bicyclic) bond motifs is 1. The van der Waals surface area contributed by atoms with Crippen LogP contribution < -0.4 is 0 Å². The first kappa shape index (κ1) is 12.5. The lowest BCUT2D eigenvalue weighted by molar-refractivity contribution is -0.383. The molecule has 0 fully saturated rings. The molecule has 0 bridgehead atoms. The molecular weight excluding hydrogens is 238 g/mol. The van der Waals surface area contributed by atoms with Crippen LogP contribution in [0.25, 0.3) is 10.9 Å². The summed E-state index contributed by atoms with van der Waals surface area (Å²) in [6.07, 6.45) is 1.04. The summed E-state index contributed by atoms with van der Waals surface area (Å²) in [7, 11) is 3.06. The van der Waals surface area contributed by atoms with E-state index in [9.17, 15) is 10.1 Å². The fourth-order valence-electron chi connectivity index (χ4n) is 1.78. The van der Waals surface area contributed by atoms with Crippen molar-refractivity contribution in [3.8, 4) is 0 Å². The van der Waals surface area contributed by atoms with Crippen molar-refractivity contribution in [3.63, 3.8) is 0 Å². The molecule has 0 radical (unpaired) electrons. The number of hydrogen-bond acceptors (Lipinski definition) is 5. The van der Waals surface area contributed by atoms with Crippen LogP contribution in [0.3, 0.4) is 0 Å². The molecule has 96 valence electrons. The molecule has 7 heteroatoms. The Kier molecular flexibility index (Phi) is 3.54. The Morgan fingerprint density at radius 1 is 1.44 bits per heavy atom. The zero-order valence-corrected chi connectivity index (χ0v) is 10.1. The van der Waals surface area contributed by atoms with Crippen molar-refractivity contribution in [1.82, 2.24) is 9.78 Å². The zero-order valence-electron chi connectivity index (χ0n) is 10.1. The van der Waals surface area contributed by atoms with Gasteiger partial charge in [0.05, 0.1) is 28.6 Å². The van der Waals surface area contributed by atoms with Gasteiger partial charge in [0.1, 0.15) is 0 Å². The van der Waals surface area contributed by atoms with E-state index < -0.39 is 11.2 Å². The lowest BCUT2D eigenvalue weighted by atomic mass is 10.2. The molecule has 0 amide bonds. The molecule has 2 aromatic rings. The van der Waals surface area contributed by atoms with E-state index in [1.165, 1.54) is 26.5 Å². The van der Waals surface area contributed by atoms with Crippen molar-refractivity contribution in [1.29, 1.82) is 0 Å². The Labute approximate surface area is 103 Å². The van der Waals surface area contributed by atoms with Gasteiger partial charge in [-0.1, -0.05) is 6.07 Å². The van der Waals surface area contributed by atoms with Crippen molar-refractivity contribution < 1.29 is 14.4 Å². The summed E-state index contributed by atoms with van der Waals surface area (Å²) in [4.78, 5) is 10.5. The van der Waals surface area contributed by atoms with Crippen molar-refractivity contribution in [3.05, 3.63) is 34.5 Å². The van der Waals surface area contributed by atoms with Crippen LogP contribution in [0.2, 0.25) is 0 Å². The molecule has 0 aliphatic rings. The number of hydrogen-bond donors (Lipinski definition) is 0. The van der Waals surface area contributed by atoms with Crippen LogP contribution in [0, 0.1) is 10.1 Å². The average molecular weight is 251 g/mol. The Hall–Kier alpha value is -1.99. The molecule has 0 atom stereocenters. The van der Waals surface area contributed by atoms with E-state index in [4.69, 9.17) is 9.47 Å². The summed E-state index contributed by atoms with van der Waals surface area (Å²) in [6.45, 7) is 0.373. The molecular formula is C11H13N3O4. The molecule has 0 spiro atoms. The fraction of sp³-hybridized carbons (Fsp3) is 0.364. The van der Waals surface area contributed by atoms with Gasteiger partial charge in [-0.15, -0.1) is 0 Å². The van der Waals surface area contributed by atoms with Crippen LogP contribution in [0.5, 0.6) is 0 Å². The van der Waals surface area contributed by atoms with Gasteiger partial charge in [-0.25, -0.2) is 0 Å². The first-order chi connectivity index (χ1) is 8.67. The maximum Gasteiger partial charge on any atom is 0.280 e. The summed E-state index contributed by atoms with van der Waals surface area (Å²) in [6, 6.07) is 4.86. The van der Waals surface area contributed by atoms with Gasteiger partial charge >= 0.3 is 0 Å². The standard InChI is InChI=1S/C11H13N3O4/c1-17-11(18-2)7-13-9-4-3-5-10(14(15)16)8(9)6-12-13/h3-6,11H,7H2,1-2H3. The largest absolute Gasteiger partial charge is 0.354 e. The lowest BCUT2D eigenvalue weighted by Gasteiger charge is -2.13. The second kappa shape index (κ2) is 5.11.